The van der Waals surface area contributed by atoms with Gasteiger partial charge in [-0.1, -0.05) is 18.5 Å². The third-order valence-corrected chi connectivity index (χ3v) is 4.73. The van der Waals surface area contributed by atoms with Gasteiger partial charge in [-0.05, 0) is 36.6 Å². The first-order valence-electron chi connectivity index (χ1n) is 7.99. The van der Waals surface area contributed by atoms with Gasteiger partial charge in [0.1, 0.15) is 16.5 Å². The molecule has 2 aromatic rings. The van der Waals surface area contributed by atoms with Crippen molar-refractivity contribution in [2.24, 2.45) is 10.9 Å². The number of cyclic esters (lactones) is 1. The monoisotopic (exact) mass is 372 g/mol. The van der Waals surface area contributed by atoms with E-state index in [1.54, 1.807) is 6.07 Å². The molecule has 2 aliphatic rings. The van der Waals surface area contributed by atoms with E-state index in [1.165, 1.54) is 24.3 Å². The average molecular weight is 373 g/mol. The molecular formula is C18H13ClN2O5. The zero-order valence-corrected chi connectivity index (χ0v) is 14.4. The number of furan rings is 1. The van der Waals surface area contributed by atoms with Crippen LogP contribution in [-0.2, 0) is 9.53 Å². The number of aliphatic imine (C=N–C) groups is 1. The van der Waals surface area contributed by atoms with Gasteiger partial charge in [0.25, 0.3) is 5.69 Å². The Kier molecular flexibility index (Phi) is 3.88. The highest BCUT2D eigenvalue weighted by molar-refractivity contribution is 6.32. The van der Waals surface area contributed by atoms with Gasteiger partial charge in [0, 0.05) is 23.6 Å². The molecule has 132 valence electrons. The minimum atomic E-state index is -0.643. The molecule has 0 N–H and O–H groups in total. The molecule has 1 saturated carbocycles. The molecule has 0 radical (unpaired) electrons. The number of halogens is 1. The van der Waals surface area contributed by atoms with E-state index >= 15 is 0 Å². The lowest BCUT2D eigenvalue weighted by atomic mass is 10.2. The molecule has 0 spiro atoms. The van der Waals surface area contributed by atoms with Crippen LogP contribution in [-0.4, -0.2) is 16.8 Å². The van der Waals surface area contributed by atoms with E-state index in [0.29, 0.717) is 23.2 Å². The smallest absolute Gasteiger partial charge is 0.363 e. The molecule has 1 aromatic carbocycles. The topological polar surface area (TPSA) is 94.9 Å². The van der Waals surface area contributed by atoms with Crippen molar-refractivity contribution in [3.63, 3.8) is 0 Å². The largest absolute Gasteiger partial charge is 0.461 e. The zero-order chi connectivity index (χ0) is 18.4. The number of hydrogen-bond donors (Lipinski definition) is 0. The summed E-state index contributed by atoms with van der Waals surface area (Å²) in [5.74, 6) is 1.81. The summed E-state index contributed by atoms with van der Waals surface area (Å²) < 4.78 is 10.9. The Morgan fingerprint density at radius 2 is 2.12 bits per heavy atom. The fraction of sp³-hybridized carbons (Fsp3) is 0.222. The Labute approximate surface area is 153 Å². The molecule has 0 saturated heterocycles. The van der Waals surface area contributed by atoms with Crippen molar-refractivity contribution in [1.29, 1.82) is 0 Å². The number of benzene rings is 1. The molecule has 2 atom stereocenters. The first-order valence-corrected chi connectivity index (χ1v) is 8.37. The van der Waals surface area contributed by atoms with E-state index in [2.05, 4.69) is 11.9 Å². The molecule has 7 nitrogen and oxygen atoms in total. The number of carbonyl (C=O) groups is 1. The van der Waals surface area contributed by atoms with Crippen molar-refractivity contribution in [3.8, 4) is 0 Å². The van der Waals surface area contributed by atoms with Crippen molar-refractivity contribution >= 4 is 35.2 Å². The summed E-state index contributed by atoms with van der Waals surface area (Å²) in [6.07, 6.45) is 2.60. The maximum absolute atomic E-state index is 12.0. The highest BCUT2D eigenvalue weighted by Gasteiger charge is 2.36. The molecule has 4 rings (SSSR count). The molecule has 0 amide bonds. The first-order chi connectivity index (χ1) is 12.4. The lowest BCUT2D eigenvalue weighted by Crippen LogP contribution is -2.06. The van der Waals surface area contributed by atoms with Crippen LogP contribution in [0.15, 0.2) is 45.4 Å². The van der Waals surface area contributed by atoms with Gasteiger partial charge in [0.15, 0.2) is 5.70 Å². The maximum atomic E-state index is 12.0. The summed E-state index contributed by atoms with van der Waals surface area (Å²) in [5.41, 5.74) is 0.0849. The Morgan fingerprint density at radius 3 is 2.81 bits per heavy atom. The van der Waals surface area contributed by atoms with Crippen molar-refractivity contribution in [2.45, 2.75) is 19.3 Å². The second kappa shape index (κ2) is 6.10. The van der Waals surface area contributed by atoms with Crippen LogP contribution in [0.3, 0.4) is 0 Å². The Balaban J connectivity index is 1.62. The van der Waals surface area contributed by atoms with Crippen LogP contribution in [0.4, 0.5) is 5.69 Å². The molecule has 2 heterocycles. The predicted octanol–water partition coefficient (Wildman–Crippen LogP) is 4.31. The number of esters is 1. The normalized spacial score (nSPS) is 23.1. The van der Waals surface area contributed by atoms with Gasteiger partial charge in [-0.2, -0.15) is 0 Å². The number of rotatable bonds is 4. The zero-order valence-electron chi connectivity index (χ0n) is 13.6. The standard InChI is InChI=1S/C18H13ClN2O5/c1-9-6-12(9)16-5-3-11(25-16)8-14-18(22)26-17(20-14)10-2-4-13(19)15(7-10)21(23)24/h2-5,7-9,12H,6H2,1H3/b14-8-/t9-,12+/m1/s1. The van der Waals surface area contributed by atoms with E-state index < -0.39 is 10.9 Å². The van der Waals surface area contributed by atoms with Crippen LogP contribution in [0.2, 0.25) is 5.02 Å². The second-order valence-electron chi connectivity index (χ2n) is 6.32. The van der Waals surface area contributed by atoms with Gasteiger partial charge in [-0.3, -0.25) is 10.1 Å². The van der Waals surface area contributed by atoms with Crippen molar-refractivity contribution in [1.82, 2.24) is 0 Å². The number of ether oxygens (including phenoxy) is 1. The summed E-state index contributed by atoms with van der Waals surface area (Å²) in [4.78, 5) is 26.6. The molecule has 26 heavy (non-hydrogen) atoms. The number of nitrogens with zero attached hydrogens (tertiary/aromatic N) is 2. The van der Waals surface area contributed by atoms with Crippen molar-refractivity contribution in [3.05, 3.63) is 68.2 Å². The summed E-state index contributed by atoms with van der Waals surface area (Å²) in [5, 5.41) is 11.0. The lowest BCUT2D eigenvalue weighted by molar-refractivity contribution is -0.384. The summed E-state index contributed by atoms with van der Waals surface area (Å²) in [7, 11) is 0. The van der Waals surface area contributed by atoms with Gasteiger partial charge in [-0.25, -0.2) is 9.79 Å². The van der Waals surface area contributed by atoms with Crippen LogP contribution in [0.5, 0.6) is 0 Å². The maximum Gasteiger partial charge on any atom is 0.363 e. The van der Waals surface area contributed by atoms with E-state index in [4.69, 9.17) is 20.8 Å². The van der Waals surface area contributed by atoms with Crippen LogP contribution in [0, 0.1) is 16.0 Å². The number of carbonyl (C=O) groups excluding carboxylic acids is 1. The Morgan fingerprint density at radius 1 is 1.35 bits per heavy atom. The second-order valence-corrected chi connectivity index (χ2v) is 6.73. The highest BCUT2D eigenvalue weighted by atomic mass is 35.5. The third kappa shape index (κ3) is 3.01. The summed E-state index contributed by atoms with van der Waals surface area (Å²) in [6.45, 7) is 2.15. The fourth-order valence-corrected chi connectivity index (χ4v) is 3.00. The van der Waals surface area contributed by atoms with E-state index in [0.717, 1.165) is 12.2 Å². The lowest BCUT2D eigenvalue weighted by Gasteiger charge is -2.00. The molecule has 1 aliphatic carbocycles. The van der Waals surface area contributed by atoms with Crippen LogP contribution >= 0.6 is 11.6 Å². The molecule has 1 fully saturated rings. The minimum Gasteiger partial charge on any atom is -0.461 e. The quantitative estimate of drug-likeness (QED) is 0.345. The van der Waals surface area contributed by atoms with E-state index in [9.17, 15) is 14.9 Å². The first kappa shape index (κ1) is 16.5. The van der Waals surface area contributed by atoms with Crippen molar-refractivity contribution < 1.29 is 18.9 Å². The minimum absolute atomic E-state index is 0.00291. The molecule has 0 unspecified atom stereocenters. The molecule has 8 heteroatoms. The predicted molar refractivity (Wildman–Crippen MR) is 93.9 cm³/mol. The number of hydrogen-bond acceptors (Lipinski definition) is 6. The molecule has 0 bridgehead atoms. The van der Waals surface area contributed by atoms with Gasteiger partial charge in [-0.15, -0.1) is 0 Å². The molecule has 1 aromatic heterocycles. The van der Waals surface area contributed by atoms with Gasteiger partial charge < -0.3 is 9.15 Å². The van der Waals surface area contributed by atoms with Gasteiger partial charge in [0.05, 0.1) is 4.92 Å². The Bertz CT molecular complexity index is 991. The van der Waals surface area contributed by atoms with Gasteiger partial charge >= 0.3 is 5.97 Å². The van der Waals surface area contributed by atoms with Crippen molar-refractivity contribution in [2.75, 3.05) is 0 Å². The average Bonchev–Trinajstić information content (AvgIpc) is 3.00. The fourth-order valence-electron chi connectivity index (χ4n) is 2.82. The van der Waals surface area contributed by atoms with E-state index in [-0.39, 0.29) is 22.3 Å². The number of nitro benzene ring substituents is 1. The summed E-state index contributed by atoms with van der Waals surface area (Å²) in [6, 6.07) is 7.76. The Hall–Kier alpha value is -2.93. The SMILES string of the molecule is C[C@@H]1C[C@@H]1c1ccc(/C=C2\N=C(c3ccc(Cl)c([N+](=O)[O-])c3)OC2=O)o1. The van der Waals surface area contributed by atoms with Crippen LogP contribution in [0.25, 0.3) is 6.08 Å². The molecular weight excluding hydrogens is 360 g/mol. The van der Waals surface area contributed by atoms with Crippen LogP contribution in [0.1, 0.15) is 36.3 Å². The highest BCUT2D eigenvalue weighted by Crippen LogP contribution is 2.47. The number of nitro groups is 1. The molecule has 1 aliphatic heterocycles. The van der Waals surface area contributed by atoms with E-state index in [1.807, 2.05) is 6.07 Å². The van der Waals surface area contributed by atoms with Gasteiger partial charge in [0.2, 0.25) is 5.90 Å². The van der Waals surface area contributed by atoms with Crippen LogP contribution < -0.4 is 0 Å². The third-order valence-electron chi connectivity index (χ3n) is 4.41. The summed E-state index contributed by atoms with van der Waals surface area (Å²) >= 11 is 5.79.